The van der Waals surface area contributed by atoms with Crippen LogP contribution < -0.4 is 0 Å². The van der Waals surface area contributed by atoms with Crippen molar-refractivity contribution in [3.05, 3.63) is 35.9 Å². The number of aliphatic hydroxyl groups is 1. The van der Waals surface area contributed by atoms with Gasteiger partial charge >= 0.3 is 0 Å². The van der Waals surface area contributed by atoms with Crippen LogP contribution in [0.1, 0.15) is 11.7 Å². The molecule has 58 valence electrons. The second kappa shape index (κ2) is 3.73. The predicted molar refractivity (Wildman–Crippen MR) is 41.7 cm³/mol. The Morgan fingerprint density at radius 2 is 1.91 bits per heavy atom. The molecule has 1 unspecified atom stereocenters. The standard InChI is InChI=1S/C8H9NO2/c10-8(6-9-11)7-4-2-1-3-5-7/h1-6,8,10-11H. The number of rotatable bonds is 2. The molecule has 1 atom stereocenters. The van der Waals surface area contributed by atoms with Gasteiger partial charge in [0.15, 0.2) is 0 Å². The molecule has 0 amide bonds. The Labute approximate surface area is 64.6 Å². The van der Waals surface area contributed by atoms with Gasteiger partial charge in [-0.1, -0.05) is 35.5 Å². The van der Waals surface area contributed by atoms with Gasteiger partial charge < -0.3 is 10.3 Å². The highest BCUT2D eigenvalue weighted by Gasteiger charge is 2.01. The van der Waals surface area contributed by atoms with Gasteiger partial charge in [0.05, 0.1) is 6.21 Å². The first-order valence-corrected chi connectivity index (χ1v) is 3.25. The van der Waals surface area contributed by atoms with Crippen molar-refractivity contribution in [1.82, 2.24) is 0 Å². The number of aliphatic hydroxyl groups excluding tert-OH is 1. The Morgan fingerprint density at radius 3 is 2.45 bits per heavy atom. The molecule has 0 aliphatic carbocycles. The molecule has 3 heteroatoms. The highest BCUT2D eigenvalue weighted by molar-refractivity contribution is 5.64. The zero-order chi connectivity index (χ0) is 8.10. The summed E-state index contributed by atoms with van der Waals surface area (Å²) in [6.07, 6.45) is 0.246. The topological polar surface area (TPSA) is 52.8 Å². The lowest BCUT2D eigenvalue weighted by atomic mass is 10.1. The lowest BCUT2D eigenvalue weighted by Gasteiger charge is -2.01. The van der Waals surface area contributed by atoms with Crippen molar-refractivity contribution >= 4 is 6.21 Å². The van der Waals surface area contributed by atoms with Crippen LogP contribution in [0.25, 0.3) is 0 Å². The van der Waals surface area contributed by atoms with Gasteiger partial charge in [-0.25, -0.2) is 0 Å². The fraction of sp³-hybridized carbons (Fsp3) is 0.125. The van der Waals surface area contributed by atoms with Gasteiger partial charge in [0.1, 0.15) is 6.10 Å². The first-order chi connectivity index (χ1) is 5.34. The molecule has 0 saturated carbocycles. The van der Waals surface area contributed by atoms with E-state index in [1.807, 2.05) is 18.2 Å². The average molecular weight is 151 g/mol. The molecule has 2 N–H and O–H groups in total. The predicted octanol–water partition coefficient (Wildman–Crippen LogP) is 1.18. The number of oxime groups is 1. The quantitative estimate of drug-likeness (QED) is 0.379. The van der Waals surface area contributed by atoms with Crippen molar-refractivity contribution < 1.29 is 10.3 Å². The van der Waals surface area contributed by atoms with E-state index < -0.39 is 6.10 Å². The molecule has 0 saturated heterocycles. The third-order valence-electron chi connectivity index (χ3n) is 1.35. The Bertz CT molecular complexity index is 233. The minimum absolute atomic E-state index is 0.713. The molecule has 0 heterocycles. The lowest BCUT2D eigenvalue weighted by Crippen LogP contribution is -1.97. The third-order valence-corrected chi connectivity index (χ3v) is 1.35. The first kappa shape index (κ1) is 7.75. The van der Waals surface area contributed by atoms with Gasteiger partial charge in [-0.2, -0.15) is 0 Å². The van der Waals surface area contributed by atoms with Crippen molar-refractivity contribution in [3.8, 4) is 0 Å². The van der Waals surface area contributed by atoms with E-state index in [-0.39, 0.29) is 0 Å². The maximum absolute atomic E-state index is 9.21. The van der Waals surface area contributed by atoms with Crippen LogP contribution in [0.4, 0.5) is 0 Å². The molecule has 0 aliphatic heterocycles. The normalized spacial score (nSPS) is 13.5. The number of benzene rings is 1. The minimum Gasteiger partial charge on any atom is -0.411 e. The molecule has 0 spiro atoms. The van der Waals surface area contributed by atoms with Crippen LogP contribution in [0.15, 0.2) is 35.5 Å². The molecule has 0 bridgehead atoms. The molecule has 1 aromatic carbocycles. The number of nitrogens with zero attached hydrogens (tertiary/aromatic N) is 1. The van der Waals surface area contributed by atoms with Crippen LogP contribution in [0.3, 0.4) is 0 Å². The van der Waals surface area contributed by atoms with Crippen LogP contribution in [0, 0.1) is 0 Å². The van der Waals surface area contributed by atoms with Crippen molar-refractivity contribution in [3.63, 3.8) is 0 Å². The molecule has 0 radical (unpaired) electrons. The SMILES string of the molecule is ON=CC(O)c1ccccc1. The molecule has 3 nitrogen and oxygen atoms in total. The van der Waals surface area contributed by atoms with E-state index in [4.69, 9.17) is 5.21 Å². The van der Waals surface area contributed by atoms with E-state index in [9.17, 15) is 5.11 Å². The zero-order valence-electron chi connectivity index (χ0n) is 5.88. The average Bonchev–Trinajstić information content (AvgIpc) is 2.07. The summed E-state index contributed by atoms with van der Waals surface area (Å²) in [6.45, 7) is 0. The van der Waals surface area contributed by atoms with Crippen molar-refractivity contribution in [2.24, 2.45) is 5.16 Å². The largest absolute Gasteiger partial charge is 0.411 e. The minimum atomic E-state index is -0.818. The van der Waals surface area contributed by atoms with Gasteiger partial charge in [-0.3, -0.25) is 0 Å². The Morgan fingerprint density at radius 1 is 1.27 bits per heavy atom. The van der Waals surface area contributed by atoms with Gasteiger partial charge in [-0.05, 0) is 5.56 Å². The van der Waals surface area contributed by atoms with E-state index in [0.717, 1.165) is 6.21 Å². The molecule has 1 aromatic rings. The molecular formula is C8H9NO2. The summed E-state index contributed by atoms with van der Waals surface area (Å²) in [7, 11) is 0. The van der Waals surface area contributed by atoms with E-state index >= 15 is 0 Å². The van der Waals surface area contributed by atoms with E-state index in [0.29, 0.717) is 5.56 Å². The Balaban J connectivity index is 2.76. The molecular weight excluding hydrogens is 142 g/mol. The summed E-state index contributed by atoms with van der Waals surface area (Å²) in [4.78, 5) is 0. The van der Waals surface area contributed by atoms with E-state index in [1.165, 1.54) is 0 Å². The monoisotopic (exact) mass is 151 g/mol. The Hall–Kier alpha value is -1.35. The fourth-order valence-corrected chi connectivity index (χ4v) is 0.799. The summed E-state index contributed by atoms with van der Waals surface area (Å²) in [6, 6.07) is 8.98. The summed E-state index contributed by atoms with van der Waals surface area (Å²) in [5, 5.41) is 20.1. The van der Waals surface area contributed by atoms with Crippen molar-refractivity contribution in [2.45, 2.75) is 6.10 Å². The summed E-state index contributed by atoms with van der Waals surface area (Å²) in [5.41, 5.74) is 0.713. The molecule has 0 aliphatic rings. The fourth-order valence-electron chi connectivity index (χ4n) is 0.799. The molecule has 1 rings (SSSR count). The van der Waals surface area contributed by atoms with Crippen LogP contribution >= 0.6 is 0 Å². The van der Waals surface area contributed by atoms with Gasteiger partial charge in [-0.15, -0.1) is 0 Å². The summed E-state index contributed by atoms with van der Waals surface area (Å²) < 4.78 is 0. The van der Waals surface area contributed by atoms with Crippen LogP contribution in [0.5, 0.6) is 0 Å². The van der Waals surface area contributed by atoms with E-state index in [1.54, 1.807) is 12.1 Å². The van der Waals surface area contributed by atoms with Crippen LogP contribution in [-0.2, 0) is 0 Å². The van der Waals surface area contributed by atoms with E-state index in [2.05, 4.69) is 5.16 Å². The second-order valence-corrected chi connectivity index (χ2v) is 2.12. The summed E-state index contributed by atoms with van der Waals surface area (Å²) in [5.74, 6) is 0. The first-order valence-electron chi connectivity index (χ1n) is 3.25. The van der Waals surface area contributed by atoms with Gasteiger partial charge in [0.2, 0.25) is 0 Å². The van der Waals surface area contributed by atoms with Crippen molar-refractivity contribution in [1.29, 1.82) is 0 Å². The Kier molecular flexibility index (Phi) is 2.63. The molecule has 11 heavy (non-hydrogen) atoms. The zero-order valence-corrected chi connectivity index (χ0v) is 5.88. The van der Waals surface area contributed by atoms with Gasteiger partial charge in [0, 0.05) is 0 Å². The third kappa shape index (κ3) is 2.05. The number of hydrogen-bond donors (Lipinski definition) is 2. The van der Waals surface area contributed by atoms with Gasteiger partial charge in [0.25, 0.3) is 0 Å². The highest BCUT2D eigenvalue weighted by atomic mass is 16.4. The highest BCUT2D eigenvalue weighted by Crippen LogP contribution is 2.08. The van der Waals surface area contributed by atoms with Crippen LogP contribution in [0.2, 0.25) is 0 Å². The molecule has 0 fully saturated rings. The maximum Gasteiger partial charge on any atom is 0.117 e. The molecule has 0 aromatic heterocycles. The lowest BCUT2D eigenvalue weighted by molar-refractivity contribution is 0.241. The smallest absolute Gasteiger partial charge is 0.117 e. The maximum atomic E-state index is 9.21. The second-order valence-electron chi connectivity index (χ2n) is 2.12. The number of hydrogen-bond acceptors (Lipinski definition) is 3. The summed E-state index contributed by atoms with van der Waals surface area (Å²) >= 11 is 0. The van der Waals surface area contributed by atoms with Crippen molar-refractivity contribution in [2.75, 3.05) is 0 Å². The van der Waals surface area contributed by atoms with Crippen LogP contribution in [-0.4, -0.2) is 16.5 Å².